The maximum atomic E-state index is 14.3. The molecule has 0 radical (unpaired) electrons. The number of phenolic OH excluding ortho intramolecular Hbond substituents is 1. The van der Waals surface area contributed by atoms with Crippen LogP contribution >= 0.6 is 0 Å². The van der Waals surface area contributed by atoms with Crippen LogP contribution in [0, 0.1) is 11.8 Å². The number of phenols is 1. The maximum absolute atomic E-state index is 14.3. The van der Waals surface area contributed by atoms with Gasteiger partial charge in [0.1, 0.15) is 29.9 Å². The summed E-state index contributed by atoms with van der Waals surface area (Å²) in [7, 11) is 0. The molecule has 4 saturated heterocycles. The van der Waals surface area contributed by atoms with Gasteiger partial charge in [-0.25, -0.2) is 0 Å². The highest BCUT2D eigenvalue weighted by Gasteiger charge is 2.43. The predicted molar refractivity (Wildman–Crippen MR) is 212 cm³/mol. The van der Waals surface area contributed by atoms with Crippen LogP contribution in [-0.4, -0.2) is 140 Å². The maximum Gasteiger partial charge on any atom is 0.305 e. The van der Waals surface area contributed by atoms with Gasteiger partial charge in [0.2, 0.25) is 35.4 Å². The van der Waals surface area contributed by atoms with E-state index in [-0.39, 0.29) is 63.4 Å². The molecule has 7 amide bonds. The zero-order valence-electron chi connectivity index (χ0n) is 34.6. The minimum absolute atomic E-state index is 0.0146. The van der Waals surface area contributed by atoms with Crippen LogP contribution in [0.15, 0.2) is 24.3 Å². The standard InChI is InChI=1S/C40H60N8O11/c1-21(2)18-26-34(54)42-27(20-30(51)52)35(55)44-31(22(3)49)37(57)45-32(38(58)46-40(4,5)6)48-15-7-8-29(48)36(56)43-28(19-23-9-11-25(50)12-10-23)39(59)47-16-13-24(14-17-47)33(53)41-26/h9-12,21-22,24,26-29,31-32,49-50H,7-8,13-20H2,1-6H3,(H,41,53)(H,42,54)(H,43,56)(H,44,55)(H,45,57)(H,46,58)(H,51,52)/t22-,26+,27+,28+,29+,31+,32-/m1/s1. The van der Waals surface area contributed by atoms with Gasteiger partial charge in [-0.3, -0.25) is 43.3 Å². The molecule has 0 saturated carbocycles. The lowest BCUT2D eigenvalue weighted by molar-refractivity contribution is -0.144. The second kappa shape index (κ2) is 20.1. The number of carboxylic acids is 1. The molecule has 1 aromatic carbocycles. The number of aliphatic hydroxyl groups excluding tert-OH is 1. The lowest BCUT2D eigenvalue weighted by atomic mass is 9.93. The summed E-state index contributed by atoms with van der Waals surface area (Å²) in [5.74, 6) is -7.36. The van der Waals surface area contributed by atoms with E-state index in [2.05, 4.69) is 31.9 Å². The topological polar surface area (TPSA) is 276 Å². The van der Waals surface area contributed by atoms with Crippen molar-refractivity contribution in [3.05, 3.63) is 29.8 Å². The molecule has 0 aromatic heterocycles. The quantitative estimate of drug-likeness (QED) is 0.141. The van der Waals surface area contributed by atoms with Crippen molar-refractivity contribution in [2.75, 3.05) is 19.6 Å². The minimum Gasteiger partial charge on any atom is -0.508 e. The molecule has 4 heterocycles. The van der Waals surface area contributed by atoms with E-state index in [0.717, 1.165) is 0 Å². The van der Waals surface area contributed by atoms with Crippen molar-refractivity contribution in [1.82, 2.24) is 41.7 Å². The minimum atomic E-state index is -1.77. The second-order valence-corrected chi connectivity index (χ2v) is 17.2. The highest BCUT2D eigenvalue weighted by Crippen LogP contribution is 2.24. The summed E-state index contributed by atoms with van der Waals surface area (Å²) in [5, 5.41) is 46.0. The molecule has 5 rings (SSSR count). The average molecular weight is 829 g/mol. The van der Waals surface area contributed by atoms with Crippen LogP contribution in [0.5, 0.6) is 5.75 Å². The largest absolute Gasteiger partial charge is 0.508 e. The summed E-state index contributed by atoms with van der Waals surface area (Å²) in [4.78, 5) is 112. The van der Waals surface area contributed by atoms with Gasteiger partial charge in [-0.15, -0.1) is 0 Å². The number of piperidine rings is 1. The molecular formula is C40H60N8O11. The number of carbonyl (C=O) groups is 8. The summed E-state index contributed by atoms with van der Waals surface area (Å²) >= 11 is 0. The molecule has 59 heavy (non-hydrogen) atoms. The number of fused-ring (bicyclic) bond motifs is 16. The molecule has 4 aliphatic heterocycles. The Morgan fingerprint density at radius 1 is 0.780 bits per heavy atom. The molecule has 0 unspecified atom stereocenters. The third kappa shape index (κ3) is 13.1. The van der Waals surface area contributed by atoms with Gasteiger partial charge >= 0.3 is 5.97 Å². The van der Waals surface area contributed by atoms with E-state index in [1.54, 1.807) is 37.8 Å². The molecule has 326 valence electrons. The van der Waals surface area contributed by atoms with Gasteiger partial charge in [0, 0.05) is 37.5 Å². The summed E-state index contributed by atoms with van der Waals surface area (Å²) in [6, 6.07) is -0.632. The van der Waals surface area contributed by atoms with Crippen molar-refractivity contribution < 1.29 is 53.7 Å². The molecule has 19 heteroatoms. The van der Waals surface area contributed by atoms with Crippen LogP contribution in [0.4, 0.5) is 0 Å². The number of hydrogen-bond donors (Lipinski definition) is 9. The smallest absolute Gasteiger partial charge is 0.305 e. The van der Waals surface area contributed by atoms with E-state index in [9.17, 15) is 53.7 Å². The zero-order chi connectivity index (χ0) is 43.8. The van der Waals surface area contributed by atoms with E-state index in [1.165, 1.54) is 24.0 Å². The molecule has 2 bridgehead atoms. The lowest BCUT2D eigenvalue weighted by Crippen LogP contribution is -2.66. The molecule has 9 N–H and O–H groups in total. The van der Waals surface area contributed by atoms with E-state index in [4.69, 9.17) is 0 Å². The van der Waals surface area contributed by atoms with Crippen molar-refractivity contribution in [3.8, 4) is 5.75 Å². The number of aliphatic hydroxyl groups is 1. The van der Waals surface area contributed by atoms with Gasteiger partial charge in [-0.1, -0.05) is 26.0 Å². The van der Waals surface area contributed by atoms with Crippen LogP contribution in [0.2, 0.25) is 0 Å². The number of aliphatic carboxylic acids is 1. The van der Waals surface area contributed by atoms with E-state index in [0.29, 0.717) is 12.0 Å². The molecule has 0 aliphatic carbocycles. The van der Waals surface area contributed by atoms with Crippen molar-refractivity contribution in [2.24, 2.45) is 11.8 Å². The molecular weight excluding hydrogens is 768 g/mol. The molecule has 7 atom stereocenters. The number of hydrogen-bond acceptors (Lipinski definition) is 11. The molecule has 4 fully saturated rings. The first-order valence-corrected chi connectivity index (χ1v) is 20.2. The van der Waals surface area contributed by atoms with Crippen LogP contribution < -0.4 is 31.9 Å². The Hall–Kier alpha value is -5.30. The van der Waals surface area contributed by atoms with Crippen LogP contribution in [0.25, 0.3) is 0 Å². The number of benzene rings is 1. The second-order valence-electron chi connectivity index (χ2n) is 17.2. The monoisotopic (exact) mass is 828 g/mol. The Kier molecular flexibility index (Phi) is 15.8. The van der Waals surface area contributed by atoms with Gasteiger partial charge < -0.3 is 52.1 Å². The summed E-state index contributed by atoms with van der Waals surface area (Å²) in [5.41, 5.74) is -0.163. The Labute approximate surface area is 343 Å². The summed E-state index contributed by atoms with van der Waals surface area (Å²) < 4.78 is 0. The van der Waals surface area contributed by atoms with Gasteiger partial charge in [-0.05, 0) is 83.4 Å². The predicted octanol–water partition coefficient (Wildman–Crippen LogP) is -1.15. The average Bonchev–Trinajstić information content (AvgIpc) is 3.64. The summed E-state index contributed by atoms with van der Waals surface area (Å²) in [6.07, 6.45) is -2.71. The number of carboxylic acid groups (broad SMARTS) is 1. The number of aromatic hydroxyl groups is 1. The van der Waals surface area contributed by atoms with Crippen LogP contribution in [0.1, 0.15) is 85.6 Å². The fourth-order valence-corrected chi connectivity index (χ4v) is 7.57. The fourth-order valence-electron chi connectivity index (χ4n) is 7.57. The van der Waals surface area contributed by atoms with E-state index >= 15 is 0 Å². The van der Waals surface area contributed by atoms with Crippen molar-refractivity contribution >= 4 is 47.3 Å². The third-order valence-electron chi connectivity index (χ3n) is 10.5. The number of nitrogens with one attached hydrogen (secondary N) is 6. The fraction of sp³-hybridized carbons (Fsp3) is 0.650. The van der Waals surface area contributed by atoms with E-state index in [1.807, 2.05) is 13.8 Å². The Morgan fingerprint density at radius 3 is 1.95 bits per heavy atom. The van der Waals surface area contributed by atoms with E-state index < -0.39 is 108 Å². The van der Waals surface area contributed by atoms with Crippen LogP contribution in [-0.2, 0) is 44.8 Å². The normalized spacial score (nSPS) is 27.6. The Balaban J connectivity index is 1.77. The highest BCUT2D eigenvalue weighted by atomic mass is 16.4. The van der Waals surface area contributed by atoms with Crippen molar-refractivity contribution in [2.45, 2.75) is 135 Å². The number of rotatable bonds is 8. The lowest BCUT2D eigenvalue weighted by Gasteiger charge is -2.37. The molecule has 19 nitrogen and oxygen atoms in total. The van der Waals surface area contributed by atoms with Gasteiger partial charge in [0.15, 0.2) is 6.17 Å². The van der Waals surface area contributed by atoms with Crippen molar-refractivity contribution in [3.63, 3.8) is 0 Å². The first kappa shape index (κ1) is 46.4. The Bertz CT molecular complexity index is 1720. The molecule has 4 aliphatic rings. The van der Waals surface area contributed by atoms with Gasteiger partial charge in [-0.2, -0.15) is 0 Å². The number of nitrogens with zero attached hydrogens (tertiary/aromatic N) is 2. The van der Waals surface area contributed by atoms with Crippen LogP contribution in [0.3, 0.4) is 0 Å². The molecule has 1 aromatic rings. The Morgan fingerprint density at radius 2 is 1.37 bits per heavy atom. The first-order valence-electron chi connectivity index (χ1n) is 20.2. The van der Waals surface area contributed by atoms with Gasteiger partial charge in [0.05, 0.1) is 18.6 Å². The molecule has 0 spiro atoms. The van der Waals surface area contributed by atoms with Crippen molar-refractivity contribution in [1.29, 1.82) is 0 Å². The SMILES string of the molecule is CC(C)C[C@@H]1NC(=O)C2CCN(CC2)C(=O)[C@H](Cc2ccc(O)cc2)NC(=O)[C@@H]2CCCN2[C@H](C(=O)NC(C)(C)C)NC(=O)[C@H]([C@@H](C)O)NC(=O)[C@H](CC(=O)O)NC1=O. The highest BCUT2D eigenvalue weighted by molar-refractivity contribution is 5.97. The summed E-state index contributed by atoms with van der Waals surface area (Å²) in [6.45, 7) is 10.4. The first-order chi connectivity index (χ1) is 27.6. The number of carbonyl (C=O) groups excluding carboxylic acids is 7. The zero-order valence-corrected chi connectivity index (χ0v) is 34.6. The number of amides is 7. The van der Waals surface area contributed by atoms with Gasteiger partial charge in [0.25, 0.3) is 5.91 Å². The third-order valence-corrected chi connectivity index (χ3v) is 10.5.